The number of ether oxygens (including phenoxy) is 1. The van der Waals surface area contributed by atoms with Gasteiger partial charge in [-0.2, -0.15) is 0 Å². The Bertz CT molecular complexity index is 464. The quantitative estimate of drug-likeness (QED) is 0.479. The molecule has 7 heteroatoms. The molecule has 1 saturated heterocycles. The highest BCUT2D eigenvalue weighted by atomic mass is 35.5. The third-order valence-corrected chi connectivity index (χ3v) is 3.55. The lowest BCUT2D eigenvalue weighted by molar-refractivity contribution is -0.383. The number of nitro groups is 1. The summed E-state index contributed by atoms with van der Waals surface area (Å²) in [6.07, 6.45) is 2.29. The Balaban J connectivity index is 1.83. The van der Waals surface area contributed by atoms with Gasteiger partial charge < -0.3 is 15.4 Å². The van der Waals surface area contributed by atoms with Crippen LogP contribution in [0, 0.1) is 10.1 Å². The molecule has 110 valence electrons. The Labute approximate surface area is 122 Å². The van der Waals surface area contributed by atoms with E-state index < -0.39 is 4.92 Å². The summed E-state index contributed by atoms with van der Waals surface area (Å²) in [6, 6.07) is 4.63. The third-order valence-electron chi connectivity index (χ3n) is 3.23. The standard InChI is InChI=1S/C13H18ClN3O3/c14-11-2-1-3-12(17(18)19)13(11)16-8-9-20-10-4-6-15-7-5-10/h1-3,10,15-16H,4-9H2. The largest absolute Gasteiger partial charge is 0.376 e. The van der Waals surface area contributed by atoms with E-state index in [1.54, 1.807) is 12.1 Å². The molecular formula is C13H18ClN3O3. The molecule has 2 N–H and O–H groups in total. The average molecular weight is 300 g/mol. The Morgan fingerprint density at radius 1 is 1.45 bits per heavy atom. The first-order valence-electron chi connectivity index (χ1n) is 6.67. The van der Waals surface area contributed by atoms with Gasteiger partial charge >= 0.3 is 0 Å². The predicted molar refractivity (Wildman–Crippen MR) is 78.4 cm³/mol. The first kappa shape index (κ1) is 15.0. The van der Waals surface area contributed by atoms with Crippen LogP contribution in [0.2, 0.25) is 5.02 Å². The van der Waals surface area contributed by atoms with Crippen LogP contribution in [-0.2, 0) is 4.74 Å². The van der Waals surface area contributed by atoms with E-state index >= 15 is 0 Å². The van der Waals surface area contributed by atoms with Crippen LogP contribution in [0.4, 0.5) is 11.4 Å². The van der Waals surface area contributed by atoms with Crippen molar-refractivity contribution in [1.82, 2.24) is 5.32 Å². The van der Waals surface area contributed by atoms with Crippen molar-refractivity contribution in [2.24, 2.45) is 0 Å². The molecule has 0 spiro atoms. The molecule has 0 bridgehead atoms. The summed E-state index contributed by atoms with van der Waals surface area (Å²) in [5.41, 5.74) is 0.340. The maximum Gasteiger partial charge on any atom is 0.293 e. The number of rotatable bonds is 6. The highest BCUT2D eigenvalue weighted by molar-refractivity contribution is 6.33. The Morgan fingerprint density at radius 2 is 2.20 bits per heavy atom. The van der Waals surface area contributed by atoms with E-state index in [1.165, 1.54) is 6.07 Å². The van der Waals surface area contributed by atoms with Gasteiger partial charge in [-0.15, -0.1) is 0 Å². The summed E-state index contributed by atoms with van der Waals surface area (Å²) in [5, 5.41) is 17.5. The molecule has 0 aliphatic carbocycles. The lowest BCUT2D eigenvalue weighted by Crippen LogP contribution is -2.33. The maximum atomic E-state index is 10.9. The highest BCUT2D eigenvalue weighted by Crippen LogP contribution is 2.31. The van der Waals surface area contributed by atoms with Crippen LogP contribution in [0.3, 0.4) is 0 Å². The first-order chi connectivity index (χ1) is 9.68. The number of para-hydroxylation sites is 1. The van der Waals surface area contributed by atoms with Gasteiger partial charge in [-0.3, -0.25) is 10.1 Å². The summed E-state index contributed by atoms with van der Waals surface area (Å²) in [6.45, 7) is 2.96. The smallest absolute Gasteiger partial charge is 0.293 e. The van der Waals surface area contributed by atoms with Gasteiger partial charge in [0.05, 0.1) is 22.7 Å². The van der Waals surface area contributed by atoms with Crippen molar-refractivity contribution in [3.8, 4) is 0 Å². The first-order valence-corrected chi connectivity index (χ1v) is 7.05. The Kier molecular flexibility index (Phi) is 5.58. The monoisotopic (exact) mass is 299 g/mol. The predicted octanol–water partition coefficient (Wildman–Crippen LogP) is 2.43. The summed E-state index contributed by atoms with van der Waals surface area (Å²) in [7, 11) is 0. The number of nitro benzene ring substituents is 1. The molecule has 1 aliphatic heterocycles. The fraction of sp³-hybridized carbons (Fsp3) is 0.538. The van der Waals surface area contributed by atoms with Gasteiger partial charge in [0.2, 0.25) is 0 Å². The van der Waals surface area contributed by atoms with E-state index in [1.807, 2.05) is 0 Å². The topological polar surface area (TPSA) is 76.4 Å². The zero-order valence-corrected chi connectivity index (χ0v) is 11.9. The number of nitrogens with one attached hydrogen (secondary N) is 2. The molecule has 0 atom stereocenters. The van der Waals surface area contributed by atoms with Crippen LogP contribution in [0.1, 0.15) is 12.8 Å². The number of nitrogens with zero attached hydrogens (tertiary/aromatic N) is 1. The van der Waals surface area contributed by atoms with Crippen LogP contribution < -0.4 is 10.6 Å². The van der Waals surface area contributed by atoms with Crippen LogP contribution in [0.25, 0.3) is 0 Å². The fourth-order valence-corrected chi connectivity index (χ4v) is 2.44. The maximum absolute atomic E-state index is 10.9. The molecule has 1 aromatic carbocycles. The van der Waals surface area contributed by atoms with E-state index in [9.17, 15) is 10.1 Å². The van der Waals surface area contributed by atoms with Gasteiger partial charge in [0.15, 0.2) is 0 Å². The second kappa shape index (κ2) is 7.42. The van der Waals surface area contributed by atoms with Crippen LogP contribution in [0.15, 0.2) is 18.2 Å². The van der Waals surface area contributed by atoms with Gasteiger partial charge in [0, 0.05) is 12.6 Å². The SMILES string of the molecule is O=[N+]([O-])c1cccc(Cl)c1NCCOC1CCNCC1. The summed E-state index contributed by atoms with van der Waals surface area (Å²) in [5.74, 6) is 0. The number of hydrogen-bond donors (Lipinski definition) is 2. The van der Waals surface area contributed by atoms with Crippen molar-refractivity contribution in [2.45, 2.75) is 18.9 Å². The molecule has 0 saturated carbocycles. The summed E-state index contributed by atoms with van der Waals surface area (Å²) < 4.78 is 5.73. The number of hydrogen-bond acceptors (Lipinski definition) is 5. The normalized spacial score (nSPS) is 16.1. The number of benzene rings is 1. The third kappa shape index (κ3) is 4.06. The van der Waals surface area contributed by atoms with Gasteiger partial charge in [0.1, 0.15) is 5.69 Å². The molecule has 1 aromatic rings. The zero-order chi connectivity index (χ0) is 14.4. The van der Waals surface area contributed by atoms with E-state index in [-0.39, 0.29) is 11.8 Å². The lowest BCUT2D eigenvalue weighted by Gasteiger charge is -2.23. The van der Waals surface area contributed by atoms with Crippen LogP contribution in [0.5, 0.6) is 0 Å². The molecule has 0 radical (unpaired) electrons. The van der Waals surface area contributed by atoms with Crippen molar-refractivity contribution in [1.29, 1.82) is 0 Å². The number of halogens is 1. The minimum Gasteiger partial charge on any atom is -0.376 e. The summed E-state index contributed by atoms with van der Waals surface area (Å²) >= 11 is 5.99. The fourth-order valence-electron chi connectivity index (χ4n) is 2.20. The molecule has 6 nitrogen and oxygen atoms in total. The van der Waals surface area contributed by atoms with Gasteiger partial charge in [-0.1, -0.05) is 17.7 Å². The molecule has 2 rings (SSSR count). The molecule has 1 aliphatic rings. The number of anilines is 1. The highest BCUT2D eigenvalue weighted by Gasteiger charge is 2.16. The van der Waals surface area contributed by atoms with E-state index in [4.69, 9.17) is 16.3 Å². The number of piperidine rings is 1. The lowest BCUT2D eigenvalue weighted by atomic mass is 10.1. The van der Waals surface area contributed by atoms with E-state index in [2.05, 4.69) is 10.6 Å². The Morgan fingerprint density at radius 3 is 2.90 bits per heavy atom. The van der Waals surface area contributed by atoms with Crippen molar-refractivity contribution in [2.75, 3.05) is 31.6 Å². The minimum atomic E-state index is -0.443. The Hall–Kier alpha value is -1.37. The molecule has 0 unspecified atom stereocenters. The zero-order valence-electron chi connectivity index (χ0n) is 11.1. The van der Waals surface area contributed by atoms with Crippen molar-refractivity contribution in [3.05, 3.63) is 33.3 Å². The minimum absolute atomic E-state index is 0.0145. The van der Waals surface area contributed by atoms with Crippen molar-refractivity contribution < 1.29 is 9.66 Å². The van der Waals surface area contributed by atoms with E-state index in [0.29, 0.717) is 23.9 Å². The average Bonchev–Trinajstić information content (AvgIpc) is 2.45. The van der Waals surface area contributed by atoms with Crippen LogP contribution in [-0.4, -0.2) is 37.3 Å². The molecule has 0 aromatic heterocycles. The van der Waals surface area contributed by atoms with Crippen molar-refractivity contribution in [3.63, 3.8) is 0 Å². The second-order valence-corrected chi connectivity index (χ2v) is 5.05. The van der Waals surface area contributed by atoms with E-state index in [0.717, 1.165) is 25.9 Å². The molecule has 1 fully saturated rings. The molecule has 1 heterocycles. The second-order valence-electron chi connectivity index (χ2n) is 4.64. The van der Waals surface area contributed by atoms with Crippen LogP contribution >= 0.6 is 11.6 Å². The van der Waals surface area contributed by atoms with Gasteiger partial charge in [-0.05, 0) is 32.0 Å². The van der Waals surface area contributed by atoms with Gasteiger partial charge in [0.25, 0.3) is 5.69 Å². The molecular weight excluding hydrogens is 282 g/mol. The molecule has 20 heavy (non-hydrogen) atoms. The van der Waals surface area contributed by atoms with Gasteiger partial charge in [-0.25, -0.2) is 0 Å². The van der Waals surface area contributed by atoms with Crippen molar-refractivity contribution >= 4 is 23.0 Å². The summed E-state index contributed by atoms with van der Waals surface area (Å²) in [4.78, 5) is 10.5. The molecule has 0 amide bonds.